The van der Waals surface area contributed by atoms with E-state index in [4.69, 9.17) is 0 Å². The molecule has 37 heavy (non-hydrogen) atoms. The molecule has 4 rings (SSSR count). The van der Waals surface area contributed by atoms with E-state index in [-0.39, 0.29) is 23.1 Å². The van der Waals surface area contributed by atoms with Crippen LogP contribution in [-0.4, -0.2) is 43.3 Å². The number of thioether (sulfide) groups is 1. The maximum atomic E-state index is 13.3. The van der Waals surface area contributed by atoms with Crippen molar-refractivity contribution in [1.82, 2.24) is 24.5 Å². The Morgan fingerprint density at radius 2 is 1.86 bits per heavy atom. The number of nitrogens with zero attached hydrogens (tertiary/aromatic N) is 4. The van der Waals surface area contributed by atoms with Gasteiger partial charge in [0.1, 0.15) is 0 Å². The molecule has 10 heteroatoms. The van der Waals surface area contributed by atoms with E-state index in [0.717, 1.165) is 23.2 Å². The number of amides is 2. The van der Waals surface area contributed by atoms with Crippen LogP contribution in [0.1, 0.15) is 48.7 Å². The average Bonchev–Trinajstić information content (AvgIpc) is 3.29. The predicted octanol–water partition coefficient (Wildman–Crippen LogP) is 4.19. The third-order valence-electron chi connectivity index (χ3n) is 5.94. The monoisotopic (exact) mass is 520 g/mol. The third-order valence-corrected chi connectivity index (χ3v) is 6.87. The van der Waals surface area contributed by atoms with Gasteiger partial charge in [0.25, 0.3) is 11.5 Å². The molecule has 0 fully saturated rings. The Morgan fingerprint density at radius 1 is 1.08 bits per heavy atom. The molecule has 2 N–H and O–H groups in total. The molecule has 0 radical (unpaired) electrons. The SMILES string of the molecule is CCCn1c(=O)c2ccc(C(=O)NCC(C)C)cc2n2c(SCC(=O)Nc3ccc(C)cc3C)nnc12. The minimum Gasteiger partial charge on any atom is -0.352 e. The zero-order chi connectivity index (χ0) is 26.7. The number of aromatic nitrogens is 4. The van der Waals surface area contributed by atoms with E-state index >= 15 is 0 Å². The summed E-state index contributed by atoms with van der Waals surface area (Å²) in [6, 6.07) is 10.9. The van der Waals surface area contributed by atoms with E-state index in [1.54, 1.807) is 27.2 Å². The zero-order valence-electron chi connectivity index (χ0n) is 21.8. The first-order valence-electron chi connectivity index (χ1n) is 12.4. The molecular formula is C27H32N6O3S. The minimum atomic E-state index is -0.211. The average molecular weight is 521 g/mol. The van der Waals surface area contributed by atoms with Crippen LogP contribution in [0.25, 0.3) is 16.7 Å². The molecule has 4 aromatic rings. The molecule has 0 aliphatic heterocycles. The van der Waals surface area contributed by atoms with Crippen LogP contribution in [0.3, 0.4) is 0 Å². The molecule has 9 nitrogen and oxygen atoms in total. The normalized spacial score (nSPS) is 11.4. The molecule has 2 aromatic carbocycles. The quantitative estimate of drug-likeness (QED) is 0.320. The Labute approximate surface area is 219 Å². The van der Waals surface area contributed by atoms with Crippen LogP contribution < -0.4 is 16.2 Å². The smallest absolute Gasteiger partial charge is 0.262 e. The van der Waals surface area contributed by atoms with Gasteiger partial charge in [0.05, 0.1) is 16.7 Å². The molecule has 0 aliphatic rings. The molecule has 194 valence electrons. The van der Waals surface area contributed by atoms with Gasteiger partial charge in [-0.1, -0.05) is 50.2 Å². The lowest BCUT2D eigenvalue weighted by Crippen LogP contribution is -2.28. The summed E-state index contributed by atoms with van der Waals surface area (Å²) in [4.78, 5) is 38.8. The molecule has 0 spiro atoms. The van der Waals surface area contributed by atoms with Gasteiger partial charge in [-0.05, 0) is 56.0 Å². The standard InChI is InChI=1S/C27H32N6O3S/c1-6-11-32-25(36)20-9-8-19(24(35)28-14-16(2)3)13-22(20)33-26(32)30-31-27(33)37-15-23(34)29-21-10-7-17(4)12-18(21)5/h7-10,12-13,16H,6,11,14-15H2,1-5H3,(H,28,35)(H,29,34). The molecule has 0 bridgehead atoms. The first-order valence-corrected chi connectivity index (χ1v) is 13.4. The molecule has 0 aliphatic carbocycles. The maximum absolute atomic E-state index is 13.3. The van der Waals surface area contributed by atoms with Gasteiger partial charge in [-0.25, -0.2) is 0 Å². The van der Waals surface area contributed by atoms with Crippen LogP contribution in [0.2, 0.25) is 0 Å². The fourth-order valence-corrected chi connectivity index (χ4v) is 4.85. The van der Waals surface area contributed by atoms with Crippen molar-refractivity contribution in [2.24, 2.45) is 5.92 Å². The largest absolute Gasteiger partial charge is 0.352 e. The second kappa shape index (κ2) is 11.2. The van der Waals surface area contributed by atoms with Gasteiger partial charge < -0.3 is 10.6 Å². The molecule has 2 heterocycles. The summed E-state index contributed by atoms with van der Waals surface area (Å²) in [6.45, 7) is 11.0. The van der Waals surface area contributed by atoms with Gasteiger partial charge in [0.15, 0.2) is 5.16 Å². The van der Waals surface area contributed by atoms with E-state index < -0.39 is 0 Å². The highest BCUT2D eigenvalue weighted by Gasteiger charge is 2.19. The van der Waals surface area contributed by atoms with Gasteiger partial charge in [0.2, 0.25) is 11.7 Å². The van der Waals surface area contributed by atoms with Gasteiger partial charge >= 0.3 is 0 Å². The van der Waals surface area contributed by atoms with Crippen LogP contribution in [0, 0.1) is 19.8 Å². The van der Waals surface area contributed by atoms with Crippen LogP contribution >= 0.6 is 11.8 Å². The van der Waals surface area contributed by atoms with Crippen molar-refractivity contribution in [3.63, 3.8) is 0 Å². The minimum absolute atomic E-state index is 0.108. The summed E-state index contributed by atoms with van der Waals surface area (Å²) in [5, 5.41) is 15.4. The summed E-state index contributed by atoms with van der Waals surface area (Å²) >= 11 is 1.23. The summed E-state index contributed by atoms with van der Waals surface area (Å²) in [5.74, 6) is 0.423. The molecule has 0 unspecified atom stereocenters. The lowest BCUT2D eigenvalue weighted by atomic mass is 10.1. The van der Waals surface area contributed by atoms with Crippen molar-refractivity contribution < 1.29 is 9.59 Å². The highest BCUT2D eigenvalue weighted by Crippen LogP contribution is 2.24. The van der Waals surface area contributed by atoms with Gasteiger partial charge in [-0.2, -0.15) is 0 Å². The predicted molar refractivity (Wildman–Crippen MR) is 147 cm³/mol. The molecule has 2 amide bonds. The molecule has 0 saturated heterocycles. The topological polar surface area (TPSA) is 110 Å². The zero-order valence-corrected chi connectivity index (χ0v) is 22.6. The van der Waals surface area contributed by atoms with Crippen LogP contribution in [0.4, 0.5) is 5.69 Å². The fraction of sp³-hybridized carbons (Fsp3) is 0.370. The van der Waals surface area contributed by atoms with Crippen molar-refractivity contribution in [3.05, 3.63) is 63.4 Å². The highest BCUT2D eigenvalue weighted by molar-refractivity contribution is 7.99. The Bertz CT molecular complexity index is 1540. The van der Waals surface area contributed by atoms with Crippen molar-refractivity contribution in [3.8, 4) is 0 Å². The van der Waals surface area contributed by atoms with E-state index in [1.165, 1.54) is 11.8 Å². The van der Waals surface area contributed by atoms with E-state index in [1.807, 2.05) is 52.8 Å². The van der Waals surface area contributed by atoms with Gasteiger partial charge in [-0.3, -0.25) is 23.4 Å². The van der Waals surface area contributed by atoms with Crippen molar-refractivity contribution in [2.75, 3.05) is 17.6 Å². The number of carbonyl (C=O) groups is 2. The number of hydrogen-bond donors (Lipinski definition) is 2. The third kappa shape index (κ3) is 5.69. The molecule has 0 saturated carbocycles. The molecule has 0 atom stereocenters. The second-order valence-corrected chi connectivity index (χ2v) is 10.5. The Balaban J connectivity index is 1.70. The summed E-state index contributed by atoms with van der Waals surface area (Å²) < 4.78 is 3.36. The molecule has 2 aromatic heterocycles. The number of rotatable bonds is 9. The summed E-state index contributed by atoms with van der Waals surface area (Å²) in [7, 11) is 0. The van der Waals surface area contributed by atoms with Gasteiger partial charge in [-0.15, -0.1) is 10.2 Å². The van der Waals surface area contributed by atoms with Crippen LogP contribution in [0.15, 0.2) is 46.3 Å². The number of anilines is 1. The summed E-state index contributed by atoms with van der Waals surface area (Å²) in [5.41, 5.74) is 3.67. The Morgan fingerprint density at radius 3 is 2.57 bits per heavy atom. The maximum Gasteiger partial charge on any atom is 0.262 e. The first kappa shape index (κ1) is 26.4. The van der Waals surface area contributed by atoms with E-state index in [2.05, 4.69) is 20.8 Å². The van der Waals surface area contributed by atoms with Crippen molar-refractivity contribution in [1.29, 1.82) is 0 Å². The Hall–Kier alpha value is -3.66. The van der Waals surface area contributed by atoms with Gasteiger partial charge in [0, 0.05) is 24.3 Å². The Kier molecular flexibility index (Phi) is 7.97. The lowest BCUT2D eigenvalue weighted by molar-refractivity contribution is -0.113. The lowest BCUT2D eigenvalue weighted by Gasteiger charge is -2.12. The number of benzene rings is 2. The number of hydrogen-bond acceptors (Lipinski definition) is 6. The fourth-order valence-electron chi connectivity index (χ4n) is 4.11. The number of nitrogens with one attached hydrogen (secondary N) is 2. The first-order chi connectivity index (χ1) is 17.7. The number of carbonyl (C=O) groups excluding carboxylic acids is 2. The summed E-state index contributed by atoms with van der Waals surface area (Å²) in [6.07, 6.45) is 0.740. The second-order valence-electron chi connectivity index (χ2n) is 9.57. The molecular weight excluding hydrogens is 488 g/mol. The number of aryl methyl sites for hydroxylation is 3. The number of fused-ring (bicyclic) bond motifs is 3. The van der Waals surface area contributed by atoms with Crippen molar-refractivity contribution in [2.45, 2.75) is 52.7 Å². The van der Waals surface area contributed by atoms with Crippen LogP contribution in [-0.2, 0) is 11.3 Å². The van der Waals surface area contributed by atoms with E-state index in [0.29, 0.717) is 46.4 Å². The van der Waals surface area contributed by atoms with Crippen molar-refractivity contribution >= 4 is 45.9 Å². The highest BCUT2D eigenvalue weighted by atomic mass is 32.2. The van der Waals surface area contributed by atoms with E-state index in [9.17, 15) is 14.4 Å². The van der Waals surface area contributed by atoms with Crippen LogP contribution in [0.5, 0.6) is 0 Å².